The third-order valence-electron chi connectivity index (χ3n) is 6.60. The number of benzene rings is 2. The average molecular weight is 367 g/mol. The molecule has 2 aromatic carbocycles. The zero-order chi connectivity index (χ0) is 19.1. The lowest BCUT2D eigenvalue weighted by Crippen LogP contribution is -2.21. The summed E-state index contributed by atoms with van der Waals surface area (Å²) >= 11 is 0. The van der Waals surface area contributed by atoms with E-state index in [9.17, 15) is 4.39 Å². The van der Waals surface area contributed by atoms with Crippen LogP contribution in [0.2, 0.25) is 0 Å². The van der Waals surface area contributed by atoms with Gasteiger partial charge in [0, 0.05) is 0 Å². The number of halogens is 1. The summed E-state index contributed by atoms with van der Waals surface area (Å²) in [6.07, 6.45) is 12.6. The predicted molar refractivity (Wildman–Crippen MR) is 114 cm³/mol. The minimum atomic E-state index is -0.177. The van der Waals surface area contributed by atoms with Crippen molar-refractivity contribution in [2.75, 3.05) is 0 Å². The van der Waals surface area contributed by atoms with Crippen molar-refractivity contribution in [2.24, 2.45) is 17.8 Å². The Hall–Kier alpha value is -1.63. The SMILES string of the molecule is CCCCCC1CCC(C(C)Cc2ccc(-c3ccc(F)cc3)cc2)CC1. The fourth-order valence-corrected chi connectivity index (χ4v) is 4.74. The number of hydrogen-bond acceptors (Lipinski definition) is 0. The van der Waals surface area contributed by atoms with Crippen LogP contribution < -0.4 is 0 Å². The van der Waals surface area contributed by atoms with Crippen LogP contribution in [0.25, 0.3) is 11.1 Å². The fourth-order valence-electron chi connectivity index (χ4n) is 4.74. The highest BCUT2D eigenvalue weighted by atomic mass is 19.1. The summed E-state index contributed by atoms with van der Waals surface area (Å²) in [7, 11) is 0. The number of hydrogen-bond donors (Lipinski definition) is 0. The molecule has 3 rings (SSSR count). The van der Waals surface area contributed by atoms with Crippen molar-refractivity contribution in [3.05, 3.63) is 59.9 Å². The molecule has 0 saturated heterocycles. The van der Waals surface area contributed by atoms with E-state index in [0.29, 0.717) is 0 Å². The minimum Gasteiger partial charge on any atom is -0.207 e. The van der Waals surface area contributed by atoms with Gasteiger partial charge in [-0.15, -0.1) is 0 Å². The molecule has 0 spiro atoms. The Labute approximate surface area is 165 Å². The normalized spacial score (nSPS) is 21.1. The highest BCUT2D eigenvalue weighted by Crippen LogP contribution is 2.37. The summed E-state index contributed by atoms with van der Waals surface area (Å²) in [5, 5.41) is 0. The quantitative estimate of drug-likeness (QED) is 0.414. The smallest absolute Gasteiger partial charge is 0.123 e. The Kier molecular flexibility index (Phi) is 7.50. The lowest BCUT2D eigenvalue weighted by molar-refractivity contribution is 0.204. The van der Waals surface area contributed by atoms with Crippen LogP contribution in [-0.2, 0) is 6.42 Å². The van der Waals surface area contributed by atoms with E-state index in [2.05, 4.69) is 38.1 Å². The maximum Gasteiger partial charge on any atom is 0.123 e. The molecule has 146 valence electrons. The molecule has 1 fully saturated rings. The molecule has 0 aliphatic heterocycles. The van der Waals surface area contributed by atoms with Gasteiger partial charge in [-0.1, -0.05) is 88.8 Å². The Morgan fingerprint density at radius 3 is 2.04 bits per heavy atom. The molecule has 0 amide bonds. The van der Waals surface area contributed by atoms with E-state index in [1.807, 2.05) is 12.1 Å². The second-order valence-corrected chi connectivity index (χ2v) is 8.66. The topological polar surface area (TPSA) is 0 Å². The summed E-state index contributed by atoms with van der Waals surface area (Å²) < 4.78 is 13.1. The van der Waals surface area contributed by atoms with Gasteiger partial charge in [0.2, 0.25) is 0 Å². The van der Waals surface area contributed by atoms with Crippen LogP contribution in [0, 0.1) is 23.6 Å². The van der Waals surface area contributed by atoms with Gasteiger partial charge in [0.15, 0.2) is 0 Å². The second-order valence-electron chi connectivity index (χ2n) is 8.66. The van der Waals surface area contributed by atoms with Crippen LogP contribution >= 0.6 is 0 Å². The molecule has 1 heteroatoms. The fraction of sp³-hybridized carbons (Fsp3) is 0.538. The minimum absolute atomic E-state index is 0.177. The van der Waals surface area contributed by atoms with Crippen molar-refractivity contribution in [3.8, 4) is 11.1 Å². The van der Waals surface area contributed by atoms with Crippen molar-refractivity contribution in [1.82, 2.24) is 0 Å². The summed E-state index contributed by atoms with van der Waals surface area (Å²) in [5.41, 5.74) is 3.68. The second kappa shape index (κ2) is 10.1. The van der Waals surface area contributed by atoms with Crippen molar-refractivity contribution in [1.29, 1.82) is 0 Å². The van der Waals surface area contributed by atoms with Gasteiger partial charge in [-0.3, -0.25) is 0 Å². The lowest BCUT2D eigenvalue weighted by atomic mass is 9.73. The van der Waals surface area contributed by atoms with Crippen molar-refractivity contribution < 1.29 is 4.39 Å². The van der Waals surface area contributed by atoms with Crippen LogP contribution in [0.5, 0.6) is 0 Å². The van der Waals surface area contributed by atoms with E-state index in [-0.39, 0.29) is 5.82 Å². The molecule has 0 nitrogen and oxygen atoms in total. The van der Waals surface area contributed by atoms with E-state index in [1.165, 1.54) is 81.0 Å². The molecule has 0 N–H and O–H groups in total. The zero-order valence-corrected chi connectivity index (χ0v) is 17.1. The highest BCUT2D eigenvalue weighted by Gasteiger charge is 2.25. The molecule has 0 radical (unpaired) electrons. The third-order valence-corrected chi connectivity index (χ3v) is 6.60. The molecule has 1 aliphatic rings. The van der Waals surface area contributed by atoms with Gasteiger partial charge in [0.1, 0.15) is 5.82 Å². The maximum absolute atomic E-state index is 13.1. The maximum atomic E-state index is 13.1. The summed E-state index contributed by atoms with van der Waals surface area (Å²) in [6.45, 7) is 4.74. The van der Waals surface area contributed by atoms with Crippen LogP contribution in [0.1, 0.15) is 70.8 Å². The number of unbranched alkanes of at least 4 members (excludes halogenated alkanes) is 2. The molecule has 0 heterocycles. The Morgan fingerprint density at radius 1 is 0.852 bits per heavy atom. The predicted octanol–water partition coefficient (Wildman–Crippen LogP) is 8.06. The van der Waals surface area contributed by atoms with Crippen LogP contribution in [0.4, 0.5) is 4.39 Å². The molecule has 1 unspecified atom stereocenters. The number of rotatable bonds is 8. The average Bonchev–Trinajstić information content (AvgIpc) is 2.70. The monoisotopic (exact) mass is 366 g/mol. The van der Waals surface area contributed by atoms with E-state index in [0.717, 1.165) is 23.3 Å². The molecule has 1 aliphatic carbocycles. The molecule has 1 atom stereocenters. The van der Waals surface area contributed by atoms with Gasteiger partial charge in [0.05, 0.1) is 0 Å². The first kappa shape index (κ1) is 20.1. The Bertz CT molecular complexity index is 662. The van der Waals surface area contributed by atoms with E-state index >= 15 is 0 Å². The zero-order valence-electron chi connectivity index (χ0n) is 17.1. The first-order valence-corrected chi connectivity index (χ1v) is 11.0. The van der Waals surface area contributed by atoms with Crippen molar-refractivity contribution >= 4 is 0 Å². The molecule has 2 aromatic rings. The van der Waals surface area contributed by atoms with Crippen molar-refractivity contribution in [3.63, 3.8) is 0 Å². The van der Waals surface area contributed by atoms with Gasteiger partial charge in [-0.25, -0.2) is 4.39 Å². The molecular weight excluding hydrogens is 331 g/mol. The molecular formula is C26H35F. The van der Waals surface area contributed by atoms with Crippen molar-refractivity contribution in [2.45, 2.75) is 71.6 Å². The Morgan fingerprint density at radius 2 is 1.44 bits per heavy atom. The summed E-state index contributed by atoms with van der Waals surface area (Å²) in [5.74, 6) is 2.47. The van der Waals surface area contributed by atoms with E-state index < -0.39 is 0 Å². The molecule has 0 bridgehead atoms. The van der Waals surface area contributed by atoms with Crippen LogP contribution in [-0.4, -0.2) is 0 Å². The van der Waals surface area contributed by atoms with Gasteiger partial charge in [0.25, 0.3) is 0 Å². The Balaban J connectivity index is 1.48. The lowest BCUT2D eigenvalue weighted by Gasteiger charge is -2.32. The molecule has 0 aromatic heterocycles. The largest absolute Gasteiger partial charge is 0.207 e. The van der Waals surface area contributed by atoms with Gasteiger partial charge < -0.3 is 0 Å². The molecule has 27 heavy (non-hydrogen) atoms. The van der Waals surface area contributed by atoms with E-state index in [1.54, 1.807) is 0 Å². The first-order chi connectivity index (χ1) is 13.2. The first-order valence-electron chi connectivity index (χ1n) is 11.0. The third kappa shape index (κ3) is 5.92. The standard InChI is InChI=1S/C26H35F/c1-3-4-5-6-21-7-11-23(12-8-21)20(2)19-22-9-13-24(14-10-22)25-15-17-26(27)18-16-25/h9-10,13-18,20-21,23H,3-8,11-12,19H2,1-2H3. The summed E-state index contributed by atoms with van der Waals surface area (Å²) in [4.78, 5) is 0. The van der Waals surface area contributed by atoms with Gasteiger partial charge >= 0.3 is 0 Å². The highest BCUT2D eigenvalue weighted by molar-refractivity contribution is 5.63. The van der Waals surface area contributed by atoms with Crippen LogP contribution in [0.15, 0.2) is 48.5 Å². The van der Waals surface area contributed by atoms with Crippen LogP contribution in [0.3, 0.4) is 0 Å². The summed E-state index contributed by atoms with van der Waals surface area (Å²) in [6, 6.07) is 15.6. The van der Waals surface area contributed by atoms with E-state index in [4.69, 9.17) is 0 Å². The molecule has 1 saturated carbocycles. The van der Waals surface area contributed by atoms with Gasteiger partial charge in [-0.2, -0.15) is 0 Å². The van der Waals surface area contributed by atoms with Gasteiger partial charge in [-0.05, 0) is 65.8 Å².